The second-order valence-corrected chi connectivity index (χ2v) is 4.53. The largest absolute Gasteiger partial charge is 0.366 e. The van der Waals surface area contributed by atoms with E-state index in [0.29, 0.717) is 0 Å². The fourth-order valence-electron chi connectivity index (χ4n) is 1.63. The van der Waals surface area contributed by atoms with Gasteiger partial charge in [-0.2, -0.15) is 0 Å². The molecule has 0 saturated carbocycles. The Morgan fingerprint density at radius 3 is 3.00 bits per heavy atom. The third-order valence-corrected chi connectivity index (χ3v) is 3.04. The van der Waals surface area contributed by atoms with Crippen molar-refractivity contribution in [2.24, 2.45) is 0 Å². The number of fused-ring (bicyclic) bond motifs is 1. The maximum absolute atomic E-state index is 4.37. The van der Waals surface area contributed by atoms with Gasteiger partial charge in [-0.25, -0.2) is 4.98 Å². The van der Waals surface area contributed by atoms with Gasteiger partial charge in [0.2, 0.25) is 0 Å². The van der Waals surface area contributed by atoms with Gasteiger partial charge in [-0.3, -0.25) is 0 Å². The SMILES string of the molecule is C=CCNc1ncc(Br)c2cc(C)ccc12. The van der Waals surface area contributed by atoms with E-state index >= 15 is 0 Å². The number of hydrogen-bond acceptors (Lipinski definition) is 2. The average molecular weight is 277 g/mol. The van der Waals surface area contributed by atoms with E-state index < -0.39 is 0 Å². The van der Waals surface area contributed by atoms with Crippen LogP contribution in [0.1, 0.15) is 5.56 Å². The Morgan fingerprint density at radius 1 is 1.44 bits per heavy atom. The summed E-state index contributed by atoms with van der Waals surface area (Å²) < 4.78 is 1.02. The highest BCUT2D eigenvalue weighted by molar-refractivity contribution is 9.10. The number of benzene rings is 1. The van der Waals surface area contributed by atoms with Gasteiger partial charge in [-0.1, -0.05) is 29.8 Å². The maximum atomic E-state index is 4.37. The van der Waals surface area contributed by atoms with Crippen molar-refractivity contribution in [2.45, 2.75) is 6.92 Å². The van der Waals surface area contributed by atoms with Crippen LogP contribution in [0.25, 0.3) is 10.8 Å². The molecule has 2 nitrogen and oxygen atoms in total. The molecule has 1 aromatic carbocycles. The van der Waals surface area contributed by atoms with Crippen LogP contribution in [0.4, 0.5) is 5.82 Å². The molecule has 2 aromatic rings. The minimum Gasteiger partial charge on any atom is -0.366 e. The highest BCUT2D eigenvalue weighted by atomic mass is 79.9. The Kier molecular flexibility index (Phi) is 3.25. The first kappa shape index (κ1) is 11.1. The maximum Gasteiger partial charge on any atom is 0.134 e. The predicted molar refractivity (Wildman–Crippen MR) is 72.9 cm³/mol. The molecule has 3 heteroatoms. The Balaban J connectivity index is 2.59. The van der Waals surface area contributed by atoms with E-state index in [4.69, 9.17) is 0 Å². The highest BCUT2D eigenvalue weighted by Crippen LogP contribution is 2.28. The number of aryl methyl sites for hydroxylation is 1. The summed E-state index contributed by atoms with van der Waals surface area (Å²) in [7, 11) is 0. The van der Waals surface area contributed by atoms with Gasteiger partial charge in [0.1, 0.15) is 5.82 Å². The number of hydrogen-bond donors (Lipinski definition) is 1. The molecule has 82 valence electrons. The number of pyridine rings is 1. The molecule has 0 amide bonds. The van der Waals surface area contributed by atoms with Crippen LogP contribution >= 0.6 is 15.9 Å². The molecule has 0 aliphatic rings. The minimum atomic E-state index is 0.720. The van der Waals surface area contributed by atoms with Crippen LogP contribution in [0.2, 0.25) is 0 Å². The lowest BCUT2D eigenvalue weighted by molar-refractivity contribution is 1.24. The smallest absolute Gasteiger partial charge is 0.134 e. The zero-order valence-corrected chi connectivity index (χ0v) is 10.7. The number of anilines is 1. The molecule has 1 N–H and O–H groups in total. The molecular formula is C13H13BrN2. The van der Waals surface area contributed by atoms with Crippen molar-refractivity contribution in [3.63, 3.8) is 0 Å². The second-order valence-electron chi connectivity index (χ2n) is 3.67. The number of rotatable bonds is 3. The minimum absolute atomic E-state index is 0.720. The summed E-state index contributed by atoms with van der Waals surface area (Å²) in [6, 6.07) is 6.34. The van der Waals surface area contributed by atoms with Crippen molar-refractivity contribution in [3.05, 3.63) is 47.1 Å². The Morgan fingerprint density at radius 2 is 2.25 bits per heavy atom. The summed E-state index contributed by atoms with van der Waals surface area (Å²) in [5.41, 5.74) is 1.24. The summed E-state index contributed by atoms with van der Waals surface area (Å²) in [5, 5.41) is 5.54. The van der Waals surface area contributed by atoms with Crippen LogP contribution in [-0.4, -0.2) is 11.5 Å². The monoisotopic (exact) mass is 276 g/mol. The van der Waals surface area contributed by atoms with Crippen LogP contribution in [0.3, 0.4) is 0 Å². The molecule has 0 aliphatic heterocycles. The third-order valence-electron chi connectivity index (χ3n) is 2.41. The van der Waals surface area contributed by atoms with Crippen molar-refractivity contribution in [1.82, 2.24) is 4.98 Å². The summed E-state index contributed by atoms with van der Waals surface area (Å²) in [6.07, 6.45) is 3.65. The van der Waals surface area contributed by atoms with Gasteiger partial charge in [0, 0.05) is 28.0 Å². The summed E-state index contributed by atoms with van der Waals surface area (Å²) in [6.45, 7) is 6.49. The van der Waals surface area contributed by atoms with Gasteiger partial charge in [0.25, 0.3) is 0 Å². The average Bonchev–Trinajstić information content (AvgIpc) is 2.29. The lowest BCUT2D eigenvalue weighted by Crippen LogP contribution is -2.01. The summed E-state index contributed by atoms with van der Waals surface area (Å²) >= 11 is 3.52. The number of nitrogens with one attached hydrogen (secondary N) is 1. The third kappa shape index (κ3) is 2.09. The zero-order valence-electron chi connectivity index (χ0n) is 9.13. The molecule has 0 radical (unpaired) electrons. The van der Waals surface area contributed by atoms with Crippen molar-refractivity contribution in [1.29, 1.82) is 0 Å². The van der Waals surface area contributed by atoms with Gasteiger partial charge in [-0.05, 0) is 22.9 Å². The highest BCUT2D eigenvalue weighted by Gasteiger charge is 2.05. The number of halogens is 1. The molecule has 1 heterocycles. The van der Waals surface area contributed by atoms with Gasteiger partial charge >= 0.3 is 0 Å². The Labute approximate surface area is 104 Å². The van der Waals surface area contributed by atoms with E-state index in [0.717, 1.165) is 22.2 Å². The molecular weight excluding hydrogens is 264 g/mol. The predicted octanol–water partition coefficient (Wildman–Crippen LogP) is 3.90. The number of nitrogens with zero attached hydrogens (tertiary/aromatic N) is 1. The lowest BCUT2D eigenvalue weighted by Gasteiger charge is -2.08. The number of aromatic nitrogens is 1. The van der Waals surface area contributed by atoms with Gasteiger partial charge in [-0.15, -0.1) is 6.58 Å². The summed E-state index contributed by atoms with van der Waals surface area (Å²) in [5.74, 6) is 0.901. The first-order valence-corrected chi connectivity index (χ1v) is 5.91. The molecule has 0 saturated heterocycles. The van der Waals surface area contributed by atoms with Crippen molar-refractivity contribution >= 4 is 32.5 Å². The molecule has 2 rings (SSSR count). The molecule has 0 atom stereocenters. The first-order valence-electron chi connectivity index (χ1n) is 5.12. The van der Waals surface area contributed by atoms with Crippen LogP contribution in [0.5, 0.6) is 0 Å². The molecule has 1 aromatic heterocycles. The van der Waals surface area contributed by atoms with Gasteiger partial charge in [0.15, 0.2) is 0 Å². The van der Waals surface area contributed by atoms with Crippen LogP contribution in [0.15, 0.2) is 41.5 Å². The normalized spacial score (nSPS) is 10.4. The first-order chi connectivity index (χ1) is 7.72. The van der Waals surface area contributed by atoms with E-state index in [2.05, 4.69) is 57.9 Å². The van der Waals surface area contributed by atoms with Crippen LogP contribution in [-0.2, 0) is 0 Å². The topological polar surface area (TPSA) is 24.9 Å². The molecule has 0 aliphatic carbocycles. The van der Waals surface area contributed by atoms with E-state index in [1.165, 1.54) is 10.9 Å². The molecule has 0 fully saturated rings. The standard InChI is InChI=1S/C13H13BrN2/c1-3-6-15-13-10-5-4-9(2)7-11(10)12(14)8-16-13/h3-5,7-8H,1,6H2,2H3,(H,15,16). The van der Waals surface area contributed by atoms with E-state index in [-0.39, 0.29) is 0 Å². The zero-order chi connectivity index (χ0) is 11.5. The molecule has 0 bridgehead atoms. The molecule has 0 unspecified atom stereocenters. The Hall–Kier alpha value is -1.35. The van der Waals surface area contributed by atoms with Crippen molar-refractivity contribution in [2.75, 3.05) is 11.9 Å². The van der Waals surface area contributed by atoms with Crippen LogP contribution < -0.4 is 5.32 Å². The fourth-order valence-corrected chi connectivity index (χ4v) is 2.06. The Bertz CT molecular complexity index is 535. The van der Waals surface area contributed by atoms with E-state index in [1.54, 1.807) is 0 Å². The van der Waals surface area contributed by atoms with Crippen LogP contribution in [0, 0.1) is 6.92 Å². The van der Waals surface area contributed by atoms with Crippen molar-refractivity contribution in [3.8, 4) is 0 Å². The van der Waals surface area contributed by atoms with Gasteiger partial charge < -0.3 is 5.32 Å². The second kappa shape index (κ2) is 4.66. The molecule has 16 heavy (non-hydrogen) atoms. The van der Waals surface area contributed by atoms with Crippen molar-refractivity contribution < 1.29 is 0 Å². The van der Waals surface area contributed by atoms with E-state index in [1.807, 2.05) is 12.3 Å². The van der Waals surface area contributed by atoms with Gasteiger partial charge in [0.05, 0.1) is 0 Å². The fraction of sp³-hybridized carbons (Fsp3) is 0.154. The quantitative estimate of drug-likeness (QED) is 0.860. The summed E-state index contributed by atoms with van der Waals surface area (Å²) in [4.78, 5) is 4.37. The van der Waals surface area contributed by atoms with E-state index in [9.17, 15) is 0 Å². The molecule has 0 spiro atoms. The lowest BCUT2D eigenvalue weighted by atomic mass is 10.1.